The Labute approximate surface area is 125 Å². The number of halogens is 1. The van der Waals surface area contributed by atoms with Crippen LogP contribution in [0.2, 0.25) is 0 Å². The Morgan fingerprint density at radius 3 is 2.45 bits per heavy atom. The van der Waals surface area contributed by atoms with Gasteiger partial charge in [-0.1, -0.05) is 13.8 Å². The Morgan fingerprint density at radius 2 is 1.85 bits per heavy atom. The topological polar surface area (TPSA) is 51.1 Å². The highest BCUT2D eigenvalue weighted by Gasteiger charge is 2.22. The molecule has 5 nitrogen and oxygen atoms in total. The number of nitrogens with zero attached hydrogens (tertiary/aromatic N) is 4. The zero-order valence-corrected chi connectivity index (χ0v) is 13.1. The molecule has 2 rings (SSSR count). The molecule has 0 spiro atoms. The molecule has 0 saturated carbocycles. The lowest BCUT2D eigenvalue weighted by Gasteiger charge is -2.31. The number of aromatic nitrogens is 3. The van der Waals surface area contributed by atoms with Gasteiger partial charge < -0.3 is 9.64 Å². The number of anilines is 1. The molecular formula is C14H23ClN4O. The van der Waals surface area contributed by atoms with E-state index in [1.165, 1.54) is 0 Å². The largest absolute Gasteiger partial charge is 0.377 e. The minimum Gasteiger partial charge on any atom is -0.377 e. The van der Waals surface area contributed by atoms with Gasteiger partial charge in [0, 0.05) is 19.0 Å². The van der Waals surface area contributed by atoms with Crippen LogP contribution in [0, 0.1) is 0 Å². The molecule has 0 unspecified atom stereocenters. The Kier molecular flexibility index (Phi) is 5.98. The minimum atomic E-state index is 0.318. The molecule has 1 aliphatic heterocycles. The summed E-state index contributed by atoms with van der Waals surface area (Å²) in [7, 11) is 0. The van der Waals surface area contributed by atoms with Gasteiger partial charge in [0.2, 0.25) is 5.95 Å². The van der Waals surface area contributed by atoms with E-state index in [0.29, 0.717) is 18.6 Å². The fraction of sp³-hybridized carbons (Fsp3) is 0.786. The smallest absolute Gasteiger partial charge is 0.245 e. The van der Waals surface area contributed by atoms with Gasteiger partial charge in [-0.05, 0) is 25.7 Å². The summed E-state index contributed by atoms with van der Waals surface area (Å²) in [5.74, 6) is 1.32. The summed E-state index contributed by atoms with van der Waals surface area (Å²) in [6.07, 6.45) is 4.10. The molecule has 0 bridgehead atoms. The summed E-state index contributed by atoms with van der Waals surface area (Å²) in [6.45, 7) is 6.67. The van der Waals surface area contributed by atoms with Crippen LogP contribution in [0.1, 0.15) is 38.1 Å². The van der Waals surface area contributed by atoms with E-state index in [0.717, 1.165) is 56.1 Å². The van der Waals surface area contributed by atoms with Crippen molar-refractivity contribution in [2.75, 3.05) is 30.5 Å². The molecule has 0 N–H and O–H groups in total. The molecule has 0 amide bonds. The second kappa shape index (κ2) is 7.74. The molecule has 1 fully saturated rings. The van der Waals surface area contributed by atoms with Crippen molar-refractivity contribution >= 4 is 17.5 Å². The van der Waals surface area contributed by atoms with Gasteiger partial charge in [-0.15, -0.1) is 16.7 Å². The van der Waals surface area contributed by atoms with Crippen LogP contribution in [0.15, 0.2) is 0 Å². The normalized spacial score (nSPS) is 16.6. The molecule has 0 aliphatic carbocycles. The predicted octanol–water partition coefficient (Wildman–Crippen LogP) is 2.22. The molecule has 0 aromatic carbocycles. The zero-order chi connectivity index (χ0) is 14.4. The molecule has 1 aliphatic rings. The summed E-state index contributed by atoms with van der Waals surface area (Å²) >= 11 is 5.64. The number of ether oxygens (including phenoxy) is 1. The SMILES string of the molecule is CCc1nnc(N2CCC(OCCCl)CC2)nc1CC. The van der Waals surface area contributed by atoms with Crippen LogP contribution < -0.4 is 4.90 Å². The highest BCUT2D eigenvalue weighted by atomic mass is 35.5. The van der Waals surface area contributed by atoms with Gasteiger partial charge in [0.1, 0.15) is 0 Å². The van der Waals surface area contributed by atoms with Gasteiger partial charge in [0.25, 0.3) is 0 Å². The maximum atomic E-state index is 5.68. The number of rotatable bonds is 6. The lowest BCUT2D eigenvalue weighted by atomic mass is 10.1. The zero-order valence-electron chi connectivity index (χ0n) is 12.3. The molecule has 6 heteroatoms. The molecule has 1 aromatic heterocycles. The summed E-state index contributed by atoms with van der Waals surface area (Å²) in [5, 5.41) is 8.58. The van der Waals surface area contributed by atoms with Crippen molar-refractivity contribution in [3.63, 3.8) is 0 Å². The lowest BCUT2D eigenvalue weighted by molar-refractivity contribution is 0.0469. The maximum Gasteiger partial charge on any atom is 0.245 e. The fourth-order valence-corrected chi connectivity index (χ4v) is 2.58. The molecule has 1 aromatic rings. The molecular weight excluding hydrogens is 276 g/mol. The molecule has 112 valence electrons. The van der Waals surface area contributed by atoms with E-state index in [2.05, 4.69) is 33.9 Å². The van der Waals surface area contributed by atoms with Gasteiger partial charge >= 0.3 is 0 Å². The highest BCUT2D eigenvalue weighted by Crippen LogP contribution is 2.18. The van der Waals surface area contributed by atoms with E-state index in [1.54, 1.807) is 0 Å². The Morgan fingerprint density at radius 1 is 1.15 bits per heavy atom. The van der Waals surface area contributed by atoms with E-state index in [9.17, 15) is 0 Å². The average Bonchev–Trinajstić information content (AvgIpc) is 2.52. The van der Waals surface area contributed by atoms with Crippen LogP contribution >= 0.6 is 11.6 Å². The fourth-order valence-electron chi connectivity index (χ4n) is 2.50. The second-order valence-corrected chi connectivity index (χ2v) is 5.34. The second-order valence-electron chi connectivity index (χ2n) is 4.96. The van der Waals surface area contributed by atoms with Crippen LogP contribution in [0.5, 0.6) is 0 Å². The van der Waals surface area contributed by atoms with Crippen LogP contribution in [0.3, 0.4) is 0 Å². The third-order valence-electron chi connectivity index (χ3n) is 3.65. The predicted molar refractivity (Wildman–Crippen MR) is 80.5 cm³/mol. The van der Waals surface area contributed by atoms with Crippen molar-refractivity contribution in [2.45, 2.75) is 45.6 Å². The van der Waals surface area contributed by atoms with Crippen LogP contribution in [-0.4, -0.2) is 46.9 Å². The Balaban J connectivity index is 1.96. The third kappa shape index (κ3) is 3.79. The molecule has 0 atom stereocenters. The number of hydrogen-bond acceptors (Lipinski definition) is 5. The highest BCUT2D eigenvalue weighted by molar-refractivity contribution is 6.17. The number of piperidine rings is 1. The number of aryl methyl sites for hydroxylation is 2. The van der Waals surface area contributed by atoms with Crippen LogP contribution in [0.25, 0.3) is 0 Å². The Bertz CT molecular complexity index is 422. The van der Waals surface area contributed by atoms with Crippen molar-refractivity contribution in [1.29, 1.82) is 0 Å². The molecule has 20 heavy (non-hydrogen) atoms. The van der Waals surface area contributed by atoms with Crippen molar-refractivity contribution in [3.05, 3.63) is 11.4 Å². The first kappa shape index (κ1) is 15.4. The lowest BCUT2D eigenvalue weighted by Crippen LogP contribution is -2.38. The van der Waals surface area contributed by atoms with E-state index in [-0.39, 0.29) is 0 Å². The standard InChI is InChI=1S/C14H23ClN4O/c1-3-12-13(4-2)17-18-14(16-12)19-8-5-11(6-9-19)20-10-7-15/h11H,3-10H2,1-2H3. The number of hydrogen-bond donors (Lipinski definition) is 0. The quantitative estimate of drug-likeness (QED) is 0.754. The summed E-state index contributed by atoms with van der Waals surface area (Å²) in [6, 6.07) is 0. The molecule has 0 radical (unpaired) electrons. The van der Waals surface area contributed by atoms with Gasteiger partial charge in [0.15, 0.2) is 0 Å². The van der Waals surface area contributed by atoms with E-state index >= 15 is 0 Å². The molecule has 2 heterocycles. The van der Waals surface area contributed by atoms with Gasteiger partial charge in [0.05, 0.1) is 24.1 Å². The van der Waals surface area contributed by atoms with Crippen LogP contribution in [-0.2, 0) is 17.6 Å². The first-order valence-electron chi connectivity index (χ1n) is 7.43. The van der Waals surface area contributed by atoms with Gasteiger partial charge in [-0.2, -0.15) is 5.10 Å². The summed E-state index contributed by atoms with van der Waals surface area (Å²) in [5.41, 5.74) is 2.08. The van der Waals surface area contributed by atoms with E-state index in [1.807, 2.05) is 0 Å². The van der Waals surface area contributed by atoms with E-state index < -0.39 is 0 Å². The average molecular weight is 299 g/mol. The minimum absolute atomic E-state index is 0.318. The van der Waals surface area contributed by atoms with Crippen molar-refractivity contribution in [3.8, 4) is 0 Å². The van der Waals surface area contributed by atoms with E-state index in [4.69, 9.17) is 16.3 Å². The van der Waals surface area contributed by atoms with Crippen molar-refractivity contribution in [2.24, 2.45) is 0 Å². The maximum absolute atomic E-state index is 5.68. The summed E-state index contributed by atoms with van der Waals surface area (Å²) in [4.78, 5) is 6.86. The Hall–Kier alpha value is -0.940. The third-order valence-corrected chi connectivity index (χ3v) is 3.81. The van der Waals surface area contributed by atoms with Gasteiger partial charge in [-0.3, -0.25) is 0 Å². The van der Waals surface area contributed by atoms with Gasteiger partial charge in [-0.25, -0.2) is 4.98 Å². The molecule has 1 saturated heterocycles. The number of alkyl halides is 1. The van der Waals surface area contributed by atoms with Crippen molar-refractivity contribution < 1.29 is 4.74 Å². The first-order valence-corrected chi connectivity index (χ1v) is 7.96. The van der Waals surface area contributed by atoms with Crippen LogP contribution in [0.4, 0.5) is 5.95 Å². The first-order chi connectivity index (χ1) is 9.78. The summed E-state index contributed by atoms with van der Waals surface area (Å²) < 4.78 is 5.68. The monoisotopic (exact) mass is 298 g/mol. The van der Waals surface area contributed by atoms with Crippen molar-refractivity contribution in [1.82, 2.24) is 15.2 Å².